The molecular formula is C20H18BrN5O3. The summed E-state index contributed by atoms with van der Waals surface area (Å²) in [6.45, 7) is 2.43. The molecule has 9 heteroatoms. The number of ether oxygens (including phenoxy) is 3. The molecule has 0 N–H and O–H groups in total. The van der Waals surface area contributed by atoms with Crippen LogP contribution >= 0.6 is 15.9 Å². The average Bonchev–Trinajstić information content (AvgIpc) is 3.11. The van der Waals surface area contributed by atoms with E-state index >= 15 is 0 Å². The molecule has 4 aromatic rings. The minimum atomic E-state index is 0.472. The number of benzene rings is 1. The second-order valence-electron chi connectivity index (χ2n) is 5.92. The summed E-state index contributed by atoms with van der Waals surface area (Å²) in [5.41, 5.74) is 2.28. The maximum Gasteiger partial charge on any atom is 0.213 e. The van der Waals surface area contributed by atoms with Gasteiger partial charge in [-0.3, -0.25) is 4.57 Å². The van der Waals surface area contributed by atoms with Crippen LogP contribution in [0.15, 0.2) is 47.2 Å². The number of imidazole rings is 1. The quantitative estimate of drug-likeness (QED) is 0.433. The van der Waals surface area contributed by atoms with Gasteiger partial charge in [-0.2, -0.15) is 0 Å². The first kappa shape index (κ1) is 19.1. The molecule has 0 radical (unpaired) electrons. The number of hydrogen-bond acceptors (Lipinski definition) is 7. The predicted molar refractivity (Wildman–Crippen MR) is 112 cm³/mol. The number of pyridine rings is 1. The van der Waals surface area contributed by atoms with Crippen LogP contribution in [-0.2, 0) is 0 Å². The highest BCUT2D eigenvalue weighted by Crippen LogP contribution is 2.37. The largest absolute Gasteiger partial charge is 0.494 e. The molecule has 29 heavy (non-hydrogen) atoms. The van der Waals surface area contributed by atoms with E-state index in [0.717, 1.165) is 0 Å². The van der Waals surface area contributed by atoms with Crippen LogP contribution in [0.4, 0.5) is 0 Å². The van der Waals surface area contributed by atoms with E-state index < -0.39 is 0 Å². The van der Waals surface area contributed by atoms with Gasteiger partial charge in [0.05, 0.1) is 27.0 Å². The van der Waals surface area contributed by atoms with Crippen molar-refractivity contribution in [1.29, 1.82) is 0 Å². The molecule has 0 saturated carbocycles. The third-order valence-corrected chi connectivity index (χ3v) is 4.59. The van der Waals surface area contributed by atoms with Crippen molar-refractivity contribution in [2.75, 3.05) is 20.8 Å². The highest BCUT2D eigenvalue weighted by atomic mass is 79.9. The van der Waals surface area contributed by atoms with Crippen LogP contribution in [0.3, 0.4) is 0 Å². The normalized spacial score (nSPS) is 10.9. The van der Waals surface area contributed by atoms with E-state index in [2.05, 4.69) is 30.9 Å². The Morgan fingerprint density at radius 2 is 1.69 bits per heavy atom. The fourth-order valence-electron chi connectivity index (χ4n) is 3.03. The summed E-state index contributed by atoms with van der Waals surface area (Å²) in [6.07, 6.45) is 1.60. The van der Waals surface area contributed by atoms with Gasteiger partial charge in [0.25, 0.3) is 0 Å². The summed E-state index contributed by atoms with van der Waals surface area (Å²) in [6, 6.07) is 11.1. The van der Waals surface area contributed by atoms with Crippen molar-refractivity contribution in [1.82, 2.24) is 24.5 Å². The molecule has 0 bridgehead atoms. The van der Waals surface area contributed by atoms with Crippen LogP contribution in [0.2, 0.25) is 0 Å². The van der Waals surface area contributed by atoms with Gasteiger partial charge in [0, 0.05) is 6.07 Å². The first-order valence-electron chi connectivity index (χ1n) is 8.88. The van der Waals surface area contributed by atoms with Crippen molar-refractivity contribution in [3.63, 3.8) is 0 Å². The minimum Gasteiger partial charge on any atom is -0.494 e. The molecule has 0 atom stereocenters. The van der Waals surface area contributed by atoms with Crippen molar-refractivity contribution < 1.29 is 14.2 Å². The van der Waals surface area contributed by atoms with Gasteiger partial charge in [0.1, 0.15) is 27.5 Å². The summed E-state index contributed by atoms with van der Waals surface area (Å²) in [5, 5.41) is 0. The van der Waals surface area contributed by atoms with E-state index in [0.29, 0.717) is 57.1 Å². The SMILES string of the molecule is CCOc1cccc(-c2nc3ncc(Br)nc3n2-c2c(OC)cccc2OC)n1. The molecule has 0 spiro atoms. The fourth-order valence-corrected chi connectivity index (χ4v) is 3.31. The molecule has 0 aliphatic carbocycles. The summed E-state index contributed by atoms with van der Waals surface area (Å²) in [7, 11) is 3.21. The summed E-state index contributed by atoms with van der Waals surface area (Å²) in [5.74, 6) is 2.26. The van der Waals surface area contributed by atoms with Gasteiger partial charge in [0.2, 0.25) is 5.88 Å². The second kappa shape index (κ2) is 8.04. The molecule has 0 unspecified atom stereocenters. The first-order valence-corrected chi connectivity index (χ1v) is 9.68. The average molecular weight is 456 g/mol. The molecule has 0 saturated heterocycles. The highest BCUT2D eigenvalue weighted by Gasteiger charge is 2.23. The van der Waals surface area contributed by atoms with E-state index in [-0.39, 0.29) is 0 Å². The van der Waals surface area contributed by atoms with Gasteiger partial charge in [-0.1, -0.05) is 12.1 Å². The molecule has 4 rings (SSSR count). The zero-order chi connectivity index (χ0) is 20.4. The second-order valence-corrected chi connectivity index (χ2v) is 6.73. The van der Waals surface area contributed by atoms with Gasteiger partial charge in [-0.05, 0) is 41.1 Å². The number of aromatic nitrogens is 5. The predicted octanol–water partition coefficient (Wildman–Crippen LogP) is 4.06. The lowest BCUT2D eigenvalue weighted by Gasteiger charge is -2.16. The van der Waals surface area contributed by atoms with Gasteiger partial charge in [-0.15, -0.1) is 0 Å². The van der Waals surface area contributed by atoms with Crippen molar-refractivity contribution >= 4 is 27.2 Å². The molecule has 0 aliphatic rings. The number of hydrogen-bond donors (Lipinski definition) is 0. The van der Waals surface area contributed by atoms with E-state index in [1.807, 2.05) is 41.8 Å². The van der Waals surface area contributed by atoms with Crippen LogP contribution in [0, 0.1) is 0 Å². The number of rotatable bonds is 6. The number of methoxy groups -OCH3 is 2. The zero-order valence-corrected chi connectivity index (χ0v) is 17.7. The number of nitrogens with zero attached hydrogens (tertiary/aromatic N) is 5. The van der Waals surface area contributed by atoms with Gasteiger partial charge in [0.15, 0.2) is 17.1 Å². The standard InChI is InChI=1S/C20H18BrN5O3/c1-4-29-16-10-5-7-12(23-16)19-25-18-20(24-15(21)11-22-18)26(19)17-13(27-2)8-6-9-14(17)28-3/h5-11H,4H2,1-3H3. The maximum absolute atomic E-state index is 5.61. The molecule has 148 valence electrons. The van der Waals surface area contributed by atoms with Crippen LogP contribution < -0.4 is 14.2 Å². The molecular weight excluding hydrogens is 438 g/mol. The topological polar surface area (TPSA) is 84.2 Å². The first-order chi connectivity index (χ1) is 14.2. The van der Waals surface area contributed by atoms with Crippen molar-refractivity contribution in [2.45, 2.75) is 6.92 Å². The molecule has 0 amide bonds. The number of para-hydroxylation sites is 1. The van der Waals surface area contributed by atoms with E-state index in [1.165, 1.54) is 0 Å². The van der Waals surface area contributed by atoms with Crippen molar-refractivity contribution in [3.8, 4) is 34.6 Å². The monoisotopic (exact) mass is 455 g/mol. The van der Waals surface area contributed by atoms with Gasteiger partial charge >= 0.3 is 0 Å². The Morgan fingerprint density at radius 3 is 2.38 bits per heavy atom. The Balaban J connectivity index is 2.07. The fraction of sp³-hybridized carbons (Fsp3) is 0.200. The Bertz CT molecular complexity index is 1160. The van der Waals surface area contributed by atoms with Gasteiger partial charge < -0.3 is 14.2 Å². The zero-order valence-electron chi connectivity index (χ0n) is 16.1. The van der Waals surface area contributed by atoms with Crippen LogP contribution in [0.25, 0.3) is 28.5 Å². The maximum atomic E-state index is 5.61. The Kier molecular flexibility index (Phi) is 5.30. The summed E-state index contributed by atoms with van der Waals surface area (Å²) < 4.78 is 19.2. The lowest BCUT2D eigenvalue weighted by molar-refractivity contribution is 0.327. The third-order valence-electron chi connectivity index (χ3n) is 4.21. The lowest BCUT2D eigenvalue weighted by Crippen LogP contribution is -2.05. The van der Waals surface area contributed by atoms with E-state index in [1.54, 1.807) is 26.5 Å². The van der Waals surface area contributed by atoms with Crippen molar-refractivity contribution in [2.24, 2.45) is 0 Å². The number of fused-ring (bicyclic) bond motifs is 1. The molecule has 1 aromatic carbocycles. The van der Waals surface area contributed by atoms with E-state index in [4.69, 9.17) is 19.2 Å². The Morgan fingerprint density at radius 1 is 0.966 bits per heavy atom. The third kappa shape index (κ3) is 3.49. The smallest absolute Gasteiger partial charge is 0.213 e. The molecule has 8 nitrogen and oxygen atoms in total. The number of halogens is 1. The highest BCUT2D eigenvalue weighted by molar-refractivity contribution is 9.10. The molecule has 3 aromatic heterocycles. The van der Waals surface area contributed by atoms with Crippen LogP contribution in [-0.4, -0.2) is 45.3 Å². The molecule has 0 fully saturated rings. The van der Waals surface area contributed by atoms with Crippen molar-refractivity contribution in [3.05, 3.63) is 47.2 Å². The summed E-state index contributed by atoms with van der Waals surface area (Å²) in [4.78, 5) is 18.3. The van der Waals surface area contributed by atoms with Crippen LogP contribution in [0.1, 0.15) is 6.92 Å². The van der Waals surface area contributed by atoms with E-state index in [9.17, 15) is 0 Å². The summed E-state index contributed by atoms with van der Waals surface area (Å²) >= 11 is 3.40. The Hall–Kier alpha value is -3.20. The Labute approximate surface area is 175 Å². The minimum absolute atomic E-state index is 0.472. The van der Waals surface area contributed by atoms with Gasteiger partial charge in [-0.25, -0.2) is 19.9 Å². The van der Waals surface area contributed by atoms with Crippen LogP contribution in [0.5, 0.6) is 17.4 Å². The molecule has 3 heterocycles. The lowest BCUT2D eigenvalue weighted by atomic mass is 10.2. The molecule has 0 aliphatic heterocycles.